The third-order valence-electron chi connectivity index (χ3n) is 3.37. The molecular weight excluding hydrogens is 238 g/mol. The highest BCUT2D eigenvalue weighted by Gasteiger charge is 2.18. The molecule has 102 valence electrons. The zero-order valence-electron chi connectivity index (χ0n) is 11.8. The number of hydrogen-bond donors (Lipinski definition) is 1. The number of nitrogens with one attached hydrogen (secondary N) is 1. The highest BCUT2D eigenvalue weighted by molar-refractivity contribution is 5.84. The molecule has 0 saturated carbocycles. The highest BCUT2D eigenvalue weighted by Crippen LogP contribution is 2.20. The first-order valence-corrected chi connectivity index (χ1v) is 6.86. The first-order chi connectivity index (χ1) is 9.15. The lowest BCUT2D eigenvalue weighted by Crippen LogP contribution is -2.32. The van der Waals surface area contributed by atoms with E-state index in [0.717, 1.165) is 36.2 Å². The minimum atomic E-state index is -0.232. The van der Waals surface area contributed by atoms with E-state index in [1.807, 2.05) is 42.7 Å². The molecule has 1 aromatic heterocycles. The summed E-state index contributed by atoms with van der Waals surface area (Å²) in [6, 6.07) is 7.68. The third-order valence-corrected chi connectivity index (χ3v) is 3.37. The molecule has 4 nitrogen and oxygen atoms in total. The lowest BCUT2D eigenvalue weighted by molar-refractivity contribution is -0.123. The van der Waals surface area contributed by atoms with Crippen molar-refractivity contribution in [2.24, 2.45) is 0 Å². The topological polar surface area (TPSA) is 46.9 Å². The van der Waals surface area contributed by atoms with E-state index in [0.29, 0.717) is 0 Å². The Morgan fingerprint density at radius 1 is 1.42 bits per heavy atom. The monoisotopic (exact) mass is 259 g/mol. The fourth-order valence-corrected chi connectivity index (χ4v) is 2.31. The van der Waals surface area contributed by atoms with Crippen molar-refractivity contribution in [2.75, 3.05) is 6.54 Å². The quantitative estimate of drug-likeness (QED) is 0.839. The van der Waals surface area contributed by atoms with Gasteiger partial charge in [0.15, 0.2) is 0 Å². The molecule has 4 heteroatoms. The van der Waals surface area contributed by atoms with E-state index < -0.39 is 0 Å². The predicted molar refractivity (Wildman–Crippen MR) is 77.1 cm³/mol. The standard InChI is InChI=1S/C15H21N3O/c1-4-5-10-16-15(19)11(2)18-12(3)17-13-8-6-7-9-14(13)18/h6-9,11H,4-5,10H2,1-3H3,(H,16,19). The molecule has 1 N–H and O–H groups in total. The Morgan fingerprint density at radius 2 is 2.16 bits per heavy atom. The van der Waals surface area contributed by atoms with Gasteiger partial charge in [0.05, 0.1) is 11.0 Å². The fraction of sp³-hybridized carbons (Fsp3) is 0.467. The number of carbonyl (C=O) groups excluding carboxylic acids is 1. The van der Waals surface area contributed by atoms with Crippen molar-refractivity contribution >= 4 is 16.9 Å². The van der Waals surface area contributed by atoms with Crippen molar-refractivity contribution in [3.05, 3.63) is 30.1 Å². The Bertz CT molecular complexity index is 574. The Labute approximate surface area is 113 Å². The lowest BCUT2D eigenvalue weighted by atomic mass is 10.2. The largest absolute Gasteiger partial charge is 0.354 e. The molecule has 2 rings (SSSR count). The van der Waals surface area contributed by atoms with Gasteiger partial charge in [-0.1, -0.05) is 25.5 Å². The van der Waals surface area contributed by atoms with Crippen LogP contribution in [-0.2, 0) is 4.79 Å². The van der Waals surface area contributed by atoms with Crippen LogP contribution in [0.3, 0.4) is 0 Å². The SMILES string of the molecule is CCCCNC(=O)C(C)n1c(C)nc2ccccc21. The van der Waals surface area contributed by atoms with Crippen LogP contribution in [0.4, 0.5) is 0 Å². The molecule has 1 unspecified atom stereocenters. The van der Waals surface area contributed by atoms with Gasteiger partial charge in [0, 0.05) is 6.54 Å². The summed E-state index contributed by atoms with van der Waals surface area (Å²) < 4.78 is 2.00. The smallest absolute Gasteiger partial charge is 0.242 e. The zero-order valence-corrected chi connectivity index (χ0v) is 11.8. The minimum absolute atomic E-state index is 0.0553. The average Bonchev–Trinajstić information content (AvgIpc) is 2.74. The summed E-state index contributed by atoms with van der Waals surface area (Å²) in [5.41, 5.74) is 1.95. The summed E-state index contributed by atoms with van der Waals surface area (Å²) in [5.74, 6) is 0.930. The fourth-order valence-electron chi connectivity index (χ4n) is 2.31. The summed E-state index contributed by atoms with van der Waals surface area (Å²) in [5, 5.41) is 2.98. The van der Waals surface area contributed by atoms with Crippen molar-refractivity contribution < 1.29 is 4.79 Å². The first-order valence-electron chi connectivity index (χ1n) is 6.86. The number of benzene rings is 1. The summed E-state index contributed by atoms with van der Waals surface area (Å²) in [4.78, 5) is 16.6. The Balaban J connectivity index is 2.23. The molecular formula is C15H21N3O. The molecule has 0 bridgehead atoms. The predicted octanol–water partition coefficient (Wildman–Crippen LogP) is 2.82. The van der Waals surface area contributed by atoms with Crippen molar-refractivity contribution in [3.8, 4) is 0 Å². The van der Waals surface area contributed by atoms with Crippen molar-refractivity contribution in [2.45, 2.75) is 39.7 Å². The van der Waals surface area contributed by atoms with E-state index >= 15 is 0 Å². The number of imidazole rings is 1. The molecule has 0 saturated heterocycles. The molecule has 0 aliphatic rings. The maximum Gasteiger partial charge on any atom is 0.242 e. The molecule has 19 heavy (non-hydrogen) atoms. The molecule has 0 spiro atoms. The van der Waals surface area contributed by atoms with Gasteiger partial charge in [0.25, 0.3) is 0 Å². The molecule has 0 radical (unpaired) electrons. The molecule has 0 aliphatic heterocycles. The molecule has 1 amide bonds. The Kier molecular flexibility index (Phi) is 4.20. The Morgan fingerprint density at radius 3 is 2.89 bits per heavy atom. The van der Waals surface area contributed by atoms with E-state index in [-0.39, 0.29) is 11.9 Å². The summed E-state index contributed by atoms with van der Waals surface area (Å²) >= 11 is 0. The number of aryl methyl sites for hydroxylation is 1. The second kappa shape index (κ2) is 5.87. The van der Waals surface area contributed by atoms with Crippen LogP contribution < -0.4 is 5.32 Å². The van der Waals surface area contributed by atoms with Crippen LogP contribution in [-0.4, -0.2) is 22.0 Å². The number of fused-ring (bicyclic) bond motifs is 1. The second-order valence-electron chi connectivity index (χ2n) is 4.84. The minimum Gasteiger partial charge on any atom is -0.354 e. The van der Waals surface area contributed by atoms with E-state index in [1.165, 1.54) is 0 Å². The molecule has 1 heterocycles. The van der Waals surface area contributed by atoms with Gasteiger partial charge in [-0.05, 0) is 32.4 Å². The molecule has 1 atom stereocenters. The van der Waals surface area contributed by atoms with E-state index in [1.54, 1.807) is 0 Å². The van der Waals surface area contributed by atoms with Crippen LogP contribution >= 0.6 is 0 Å². The van der Waals surface area contributed by atoms with E-state index in [9.17, 15) is 4.79 Å². The van der Waals surface area contributed by atoms with Gasteiger partial charge in [0.1, 0.15) is 11.9 Å². The normalized spacial score (nSPS) is 12.6. The van der Waals surface area contributed by atoms with Crippen LogP contribution in [0.1, 0.15) is 38.6 Å². The number of rotatable bonds is 5. The molecule has 0 aliphatic carbocycles. The van der Waals surface area contributed by atoms with Crippen molar-refractivity contribution in [3.63, 3.8) is 0 Å². The summed E-state index contributed by atoms with van der Waals surface area (Å²) in [6.07, 6.45) is 2.10. The zero-order chi connectivity index (χ0) is 13.8. The van der Waals surface area contributed by atoms with Crippen LogP contribution in [0.25, 0.3) is 11.0 Å². The van der Waals surface area contributed by atoms with Crippen LogP contribution in [0.15, 0.2) is 24.3 Å². The maximum atomic E-state index is 12.2. The number of para-hydroxylation sites is 2. The average molecular weight is 259 g/mol. The number of aromatic nitrogens is 2. The summed E-state index contributed by atoms with van der Waals surface area (Å²) in [7, 11) is 0. The maximum absolute atomic E-state index is 12.2. The third kappa shape index (κ3) is 2.78. The first kappa shape index (κ1) is 13.6. The number of nitrogens with zero attached hydrogens (tertiary/aromatic N) is 2. The highest BCUT2D eigenvalue weighted by atomic mass is 16.2. The van der Waals surface area contributed by atoms with Crippen molar-refractivity contribution in [1.82, 2.24) is 14.9 Å². The van der Waals surface area contributed by atoms with Crippen LogP contribution in [0, 0.1) is 6.92 Å². The molecule has 2 aromatic rings. The number of amides is 1. The number of hydrogen-bond acceptors (Lipinski definition) is 2. The van der Waals surface area contributed by atoms with Gasteiger partial charge in [-0.2, -0.15) is 0 Å². The van der Waals surface area contributed by atoms with E-state index in [2.05, 4.69) is 17.2 Å². The van der Waals surface area contributed by atoms with Gasteiger partial charge < -0.3 is 9.88 Å². The summed E-state index contributed by atoms with van der Waals surface area (Å²) in [6.45, 7) is 6.71. The second-order valence-corrected chi connectivity index (χ2v) is 4.84. The van der Waals surface area contributed by atoms with E-state index in [4.69, 9.17) is 0 Å². The number of unbranched alkanes of at least 4 members (excludes halogenated alkanes) is 1. The van der Waals surface area contributed by atoms with Gasteiger partial charge in [-0.3, -0.25) is 4.79 Å². The van der Waals surface area contributed by atoms with Gasteiger partial charge >= 0.3 is 0 Å². The number of carbonyl (C=O) groups is 1. The molecule has 0 fully saturated rings. The van der Waals surface area contributed by atoms with Crippen LogP contribution in [0.5, 0.6) is 0 Å². The van der Waals surface area contributed by atoms with Gasteiger partial charge in [0.2, 0.25) is 5.91 Å². The van der Waals surface area contributed by atoms with Crippen molar-refractivity contribution in [1.29, 1.82) is 0 Å². The molecule has 1 aromatic carbocycles. The van der Waals surface area contributed by atoms with Crippen LogP contribution in [0.2, 0.25) is 0 Å². The Hall–Kier alpha value is -1.84. The van der Waals surface area contributed by atoms with Gasteiger partial charge in [-0.15, -0.1) is 0 Å². The lowest BCUT2D eigenvalue weighted by Gasteiger charge is -2.16. The van der Waals surface area contributed by atoms with Gasteiger partial charge in [-0.25, -0.2) is 4.98 Å².